The van der Waals surface area contributed by atoms with Gasteiger partial charge in [-0.25, -0.2) is 9.18 Å². The minimum atomic E-state index is -0.805. The quantitative estimate of drug-likeness (QED) is 0.444. The van der Waals surface area contributed by atoms with Gasteiger partial charge in [-0.1, -0.05) is 30.3 Å². The minimum absolute atomic E-state index is 0.0934. The Labute approximate surface area is 180 Å². The molecule has 162 valence electrons. The molecule has 2 aromatic carbocycles. The molecule has 0 aliphatic carbocycles. The van der Waals surface area contributed by atoms with Crippen LogP contribution in [0, 0.1) is 5.82 Å². The fourth-order valence-corrected chi connectivity index (χ4v) is 3.20. The second kappa shape index (κ2) is 8.38. The fraction of sp³-hybridized carbons (Fsp3) is 0.143. The van der Waals surface area contributed by atoms with Crippen LogP contribution in [0.2, 0.25) is 0 Å². The molecule has 2 aromatic heterocycles. The molecule has 0 radical (unpaired) electrons. The maximum atomic E-state index is 13.1. The zero-order valence-corrected chi connectivity index (χ0v) is 17.0. The van der Waals surface area contributed by atoms with Gasteiger partial charge in [-0.05, 0) is 35.0 Å². The third-order valence-corrected chi connectivity index (χ3v) is 4.89. The molecule has 0 bridgehead atoms. The van der Waals surface area contributed by atoms with Crippen molar-refractivity contribution in [2.75, 3.05) is 5.73 Å². The van der Waals surface area contributed by atoms with E-state index in [9.17, 15) is 18.8 Å². The number of halogens is 1. The van der Waals surface area contributed by atoms with Gasteiger partial charge >= 0.3 is 5.69 Å². The lowest BCUT2D eigenvalue weighted by molar-refractivity contribution is 0.0959. The molecule has 0 aliphatic rings. The Morgan fingerprint density at radius 1 is 1.06 bits per heavy atom. The number of benzene rings is 2. The molecule has 0 unspecified atom stereocenters. The van der Waals surface area contributed by atoms with E-state index in [1.54, 1.807) is 24.3 Å². The summed E-state index contributed by atoms with van der Waals surface area (Å²) in [5.74, 6) is -1.13. The summed E-state index contributed by atoms with van der Waals surface area (Å²) in [6.45, 7) is -0.326. The number of carbonyl (C=O) groups is 1. The Kier molecular flexibility index (Phi) is 5.46. The van der Waals surface area contributed by atoms with Gasteiger partial charge in [-0.15, -0.1) is 10.2 Å². The van der Waals surface area contributed by atoms with Crippen molar-refractivity contribution in [3.05, 3.63) is 92.4 Å². The summed E-state index contributed by atoms with van der Waals surface area (Å²) in [5, 5.41) is 11.8. The van der Waals surface area contributed by atoms with E-state index < -0.39 is 29.4 Å². The summed E-state index contributed by atoms with van der Waals surface area (Å²) < 4.78 is 15.1. The number of Topliss-reactive ketones (excluding diaryl/α,β-unsaturated/α-hetero) is 1. The van der Waals surface area contributed by atoms with E-state index >= 15 is 0 Å². The number of hydrogen-bond acceptors (Lipinski definition) is 7. The van der Waals surface area contributed by atoms with Crippen molar-refractivity contribution in [1.82, 2.24) is 29.3 Å². The molecule has 32 heavy (non-hydrogen) atoms. The van der Waals surface area contributed by atoms with Crippen LogP contribution in [0.15, 0.2) is 64.2 Å². The number of aromatic nitrogens is 6. The van der Waals surface area contributed by atoms with Gasteiger partial charge in [0, 0.05) is 12.6 Å². The summed E-state index contributed by atoms with van der Waals surface area (Å²) in [6.07, 6.45) is 0. The Balaban J connectivity index is 1.66. The zero-order chi connectivity index (χ0) is 22.8. The molecule has 0 amide bonds. The molecule has 0 fully saturated rings. The van der Waals surface area contributed by atoms with Crippen LogP contribution in [0.3, 0.4) is 0 Å². The number of carbonyl (C=O) groups excluding carboxylic acids is 1. The molecule has 2 heterocycles. The molecule has 4 rings (SSSR count). The van der Waals surface area contributed by atoms with Crippen LogP contribution in [-0.4, -0.2) is 35.1 Å². The summed E-state index contributed by atoms with van der Waals surface area (Å²) in [6, 6.07) is 14.5. The third-order valence-electron chi connectivity index (χ3n) is 4.89. The number of nitrogens with two attached hydrogens (primary N) is 1. The molecule has 0 aliphatic heterocycles. The summed E-state index contributed by atoms with van der Waals surface area (Å²) in [4.78, 5) is 39.2. The molecule has 0 spiro atoms. The van der Waals surface area contributed by atoms with Gasteiger partial charge in [0.1, 0.15) is 23.7 Å². The number of tetrazole rings is 1. The van der Waals surface area contributed by atoms with Crippen molar-refractivity contribution >= 4 is 11.6 Å². The third kappa shape index (κ3) is 3.95. The summed E-state index contributed by atoms with van der Waals surface area (Å²) in [7, 11) is 1.28. The fourth-order valence-electron chi connectivity index (χ4n) is 3.20. The van der Waals surface area contributed by atoms with Crippen LogP contribution < -0.4 is 17.0 Å². The lowest BCUT2D eigenvalue weighted by Crippen LogP contribution is -2.43. The highest BCUT2D eigenvalue weighted by atomic mass is 19.1. The molecular formula is C21H18FN7O3. The second-order valence-electron chi connectivity index (χ2n) is 7.05. The molecule has 0 atom stereocenters. The van der Waals surface area contributed by atoms with E-state index in [2.05, 4.69) is 15.4 Å². The van der Waals surface area contributed by atoms with E-state index in [0.29, 0.717) is 5.56 Å². The van der Waals surface area contributed by atoms with E-state index in [1.165, 1.54) is 35.9 Å². The largest absolute Gasteiger partial charge is 0.384 e. The average Bonchev–Trinajstić information content (AvgIpc) is 3.25. The maximum Gasteiger partial charge on any atom is 0.332 e. The number of hydrogen-bond donors (Lipinski definition) is 1. The SMILES string of the molecule is Cn1c(=O)c(C(=O)Cn2nnc(-c3ccc(F)cc3)n2)c(N)n(Cc2ccccc2)c1=O. The number of ketones is 1. The predicted octanol–water partition coefficient (Wildman–Crippen LogP) is 0.853. The lowest BCUT2D eigenvalue weighted by Gasteiger charge is -2.14. The smallest absolute Gasteiger partial charge is 0.332 e. The lowest BCUT2D eigenvalue weighted by atomic mass is 10.1. The van der Waals surface area contributed by atoms with Crippen molar-refractivity contribution in [3.63, 3.8) is 0 Å². The first-order chi connectivity index (χ1) is 15.3. The van der Waals surface area contributed by atoms with Gasteiger partial charge < -0.3 is 5.73 Å². The molecular weight excluding hydrogens is 417 g/mol. The van der Waals surface area contributed by atoms with Crippen molar-refractivity contribution < 1.29 is 9.18 Å². The van der Waals surface area contributed by atoms with Crippen LogP contribution in [0.5, 0.6) is 0 Å². The molecule has 0 saturated heterocycles. The van der Waals surface area contributed by atoms with Gasteiger partial charge in [0.2, 0.25) is 5.82 Å². The first kappa shape index (κ1) is 20.8. The molecule has 2 N–H and O–H groups in total. The van der Waals surface area contributed by atoms with Crippen LogP contribution in [0.25, 0.3) is 11.4 Å². The minimum Gasteiger partial charge on any atom is -0.384 e. The highest BCUT2D eigenvalue weighted by Gasteiger charge is 2.23. The van der Waals surface area contributed by atoms with E-state index in [4.69, 9.17) is 5.73 Å². The Morgan fingerprint density at radius 2 is 1.75 bits per heavy atom. The molecule has 10 nitrogen and oxygen atoms in total. The highest BCUT2D eigenvalue weighted by molar-refractivity contribution is 5.99. The van der Waals surface area contributed by atoms with Gasteiger partial charge in [0.15, 0.2) is 5.78 Å². The van der Waals surface area contributed by atoms with E-state index in [1.807, 2.05) is 6.07 Å². The first-order valence-corrected chi connectivity index (χ1v) is 9.55. The predicted molar refractivity (Wildman–Crippen MR) is 113 cm³/mol. The van der Waals surface area contributed by atoms with Gasteiger partial charge in [0.05, 0.1) is 6.54 Å². The van der Waals surface area contributed by atoms with Crippen molar-refractivity contribution in [2.24, 2.45) is 7.05 Å². The Hall–Kier alpha value is -4.41. The maximum absolute atomic E-state index is 13.1. The number of anilines is 1. The second-order valence-corrected chi connectivity index (χ2v) is 7.05. The normalized spacial score (nSPS) is 10.9. The first-order valence-electron chi connectivity index (χ1n) is 9.55. The molecule has 0 saturated carbocycles. The molecule has 4 aromatic rings. The van der Waals surface area contributed by atoms with E-state index in [0.717, 1.165) is 14.9 Å². The van der Waals surface area contributed by atoms with Crippen LogP contribution in [0.1, 0.15) is 15.9 Å². The Morgan fingerprint density at radius 3 is 2.44 bits per heavy atom. The van der Waals surface area contributed by atoms with Gasteiger partial charge in [-0.2, -0.15) is 4.80 Å². The highest BCUT2D eigenvalue weighted by Crippen LogP contribution is 2.14. The summed E-state index contributed by atoms with van der Waals surface area (Å²) in [5.41, 5.74) is 5.61. The zero-order valence-electron chi connectivity index (χ0n) is 17.0. The van der Waals surface area contributed by atoms with Crippen LogP contribution in [-0.2, 0) is 20.1 Å². The topological polar surface area (TPSA) is 131 Å². The number of rotatable bonds is 6. The molecule has 11 heteroatoms. The van der Waals surface area contributed by atoms with E-state index in [-0.39, 0.29) is 23.8 Å². The Bertz CT molecular complexity index is 1410. The number of nitrogens with zero attached hydrogens (tertiary/aromatic N) is 6. The van der Waals surface area contributed by atoms with Crippen molar-refractivity contribution in [2.45, 2.75) is 13.1 Å². The standard InChI is InChI=1S/C21H18FN7O3/c1-27-20(31)17(18(23)28(21(27)32)11-13-5-3-2-4-6-13)16(30)12-29-25-19(24-26-29)14-7-9-15(22)10-8-14/h2-10H,11-12,23H2,1H3. The summed E-state index contributed by atoms with van der Waals surface area (Å²) >= 11 is 0. The van der Waals surface area contributed by atoms with Crippen LogP contribution in [0.4, 0.5) is 10.2 Å². The van der Waals surface area contributed by atoms with Crippen LogP contribution >= 0.6 is 0 Å². The van der Waals surface area contributed by atoms with Gasteiger partial charge in [-0.3, -0.25) is 18.7 Å². The van der Waals surface area contributed by atoms with Crippen molar-refractivity contribution in [3.8, 4) is 11.4 Å². The monoisotopic (exact) mass is 435 g/mol. The van der Waals surface area contributed by atoms with Crippen molar-refractivity contribution in [1.29, 1.82) is 0 Å². The number of nitrogen functional groups attached to an aromatic ring is 1. The average molecular weight is 435 g/mol. The van der Waals surface area contributed by atoms with Gasteiger partial charge in [0.25, 0.3) is 5.56 Å².